The number of aromatic nitrogens is 1. The Kier molecular flexibility index (Phi) is 9.19. The van der Waals surface area contributed by atoms with E-state index < -0.39 is 17.2 Å². The van der Waals surface area contributed by atoms with Gasteiger partial charge in [-0.05, 0) is 30.7 Å². The number of nitrogens with one attached hydrogen (secondary N) is 2. The number of guanidine groups is 1. The van der Waals surface area contributed by atoms with Gasteiger partial charge in [-0.25, -0.2) is 4.99 Å². The molecule has 0 saturated heterocycles. The number of benzene rings is 1. The van der Waals surface area contributed by atoms with Gasteiger partial charge in [0, 0.05) is 24.7 Å². The lowest BCUT2D eigenvalue weighted by Gasteiger charge is -2.27. The lowest BCUT2D eigenvalue weighted by atomic mass is 9.84. The predicted molar refractivity (Wildman–Crippen MR) is 117 cm³/mol. The van der Waals surface area contributed by atoms with Gasteiger partial charge < -0.3 is 10.6 Å². The first kappa shape index (κ1) is 24.2. The standard InChI is InChI=1S/C20H25F3N4.HI/c1-4-24-18(26-13-17-10-5-6-11-25-17)27-14-19(2,3)15-8-7-9-16(12-15)20(21,22)23;/h5-12H,4,13-14H2,1-3H3,(H2,24,26,27);1H. The van der Waals surface area contributed by atoms with Gasteiger partial charge in [0.05, 0.1) is 17.8 Å². The summed E-state index contributed by atoms with van der Waals surface area (Å²) in [6.07, 6.45) is -2.64. The fraction of sp³-hybridized carbons (Fsp3) is 0.400. The Morgan fingerprint density at radius 2 is 1.75 bits per heavy atom. The third-order valence-corrected chi connectivity index (χ3v) is 4.14. The molecule has 1 aromatic heterocycles. The van der Waals surface area contributed by atoms with Crippen LogP contribution in [0.2, 0.25) is 0 Å². The number of halogens is 4. The zero-order valence-corrected chi connectivity index (χ0v) is 18.5. The third kappa shape index (κ3) is 7.29. The van der Waals surface area contributed by atoms with E-state index in [4.69, 9.17) is 0 Å². The van der Waals surface area contributed by atoms with Crippen LogP contribution in [0.1, 0.15) is 37.6 Å². The number of aliphatic imine (C=N–C) groups is 1. The van der Waals surface area contributed by atoms with Crippen LogP contribution in [0.25, 0.3) is 0 Å². The molecule has 8 heteroatoms. The molecule has 0 spiro atoms. The van der Waals surface area contributed by atoms with E-state index in [-0.39, 0.29) is 24.0 Å². The van der Waals surface area contributed by atoms with Gasteiger partial charge in [-0.2, -0.15) is 13.2 Å². The Morgan fingerprint density at radius 1 is 1.04 bits per heavy atom. The maximum Gasteiger partial charge on any atom is 0.416 e. The summed E-state index contributed by atoms with van der Waals surface area (Å²) in [6, 6.07) is 11.1. The molecule has 0 unspecified atom stereocenters. The van der Waals surface area contributed by atoms with Crippen LogP contribution >= 0.6 is 24.0 Å². The van der Waals surface area contributed by atoms with Crippen molar-refractivity contribution in [3.63, 3.8) is 0 Å². The molecule has 2 rings (SSSR count). The Labute approximate surface area is 181 Å². The molecule has 0 aliphatic rings. The molecule has 2 N–H and O–H groups in total. The van der Waals surface area contributed by atoms with Crippen LogP contribution in [0.5, 0.6) is 0 Å². The van der Waals surface area contributed by atoms with E-state index in [1.807, 2.05) is 39.0 Å². The second-order valence-corrected chi connectivity index (χ2v) is 6.83. The highest BCUT2D eigenvalue weighted by Crippen LogP contribution is 2.32. The molecule has 154 valence electrons. The molecule has 1 heterocycles. The number of hydrogen-bond donors (Lipinski definition) is 2. The summed E-state index contributed by atoms with van der Waals surface area (Å²) in [6.45, 7) is 7.28. The van der Waals surface area contributed by atoms with E-state index in [2.05, 4.69) is 20.6 Å². The van der Waals surface area contributed by atoms with E-state index in [0.29, 0.717) is 31.2 Å². The van der Waals surface area contributed by atoms with Gasteiger partial charge in [0.25, 0.3) is 0 Å². The lowest BCUT2D eigenvalue weighted by molar-refractivity contribution is -0.137. The molecule has 0 saturated carbocycles. The van der Waals surface area contributed by atoms with E-state index in [1.54, 1.807) is 12.3 Å². The van der Waals surface area contributed by atoms with Crippen molar-refractivity contribution in [1.29, 1.82) is 0 Å². The fourth-order valence-electron chi connectivity index (χ4n) is 2.52. The largest absolute Gasteiger partial charge is 0.416 e. The molecular formula is C20H26F3IN4. The highest BCUT2D eigenvalue weighted by molar-refractivity contribution is 14.0. The quantitative estimate of drug-likeness (QED) is 0.338. The summed E-state index contributed by atoms with van der Waals surface area (Å²) in [7, 11) is 0. The molecule has 1 aromatic carbocycles. The number of pyridine rings is 1. The van der Waals surface area contributed by atoms with Crippen LogP contribution < -0.4 is 10.6 Å². The van der Waals surface area contributed by atoms with Crippen molar-refractivity contribution in [3.8, 4) is 0 Å². The van der Waals surface area contributed by atoms with Gasteiger partial charge in [0.2, 0.25) is 0 Å². The second-order valence-electron chi connectivity index (χ2n) is 6.83. The van der Waals surface area contributed by atoms with E-state index in [1.165, 1.54) is 12.1 Å². The summed E-state index contributed by atoms with van der Waals surface area (Å²) in [5.41, 5.74) is 0.309. The summed E-state index contributed by atoms with van der Waals surface area (Å²) in [4.78, 5) is 8.72. The van der Waals surface area contributed by atoms with Crippen molar-refractivity contribution in [2.75, 3.05) is 13.1 Å². The van der Waals surface area contributed by atoms with Gasteiger partial charge in [-0.3, -0.25) is 4.98 Å². The summed E-state index contributed by atoms with van der Waals surface area (Å²) in [5, 5.41) is 6.36. The topological polar surface area (TPSA) is 49.3 Å². The molecule has 0 amide bonds. The maximum absolute atomic E-state index is 13.0. The van der Waals surface area contributed by atoms with Crippen LogP contribution in [-0.4, -0.2) is 24.0 Å². The predicted octanol–water partition coefficient (Wildman–Crippen LogP) is 4.75. The lowest BCUT2D eigenvalue weighted by Crippen LogP contribution is -2.43. The molecule has 0 fully saturated rings. The van der Waals surface area contributed by atoms with Crippen LogP contribution in [0, 0.1) is 0 Å². The number of hydrogen-bond acceptors (Lipinski definition) is 2. The first-order chi connectivity index (χ1) is 12.7. The van der Waals surface area contributed by atoms with E-state index >= 15 is 0 Å². The molecular weight excluding hydrogens is 480 g/mol. The summed E-state index contributed by atoms with van der Waals surface area (Å²) >= 11 is 0. The first-order valence-corrected chi connectivity index (χ1v) is 8.82. The zero-order valence-electron chi connectivity index (χ0n) is 16.2. The summed E-state index contributed by atoms with van der Waals surface area (Å²) < 4.78 is 38.9. The van der Waals surface area contributed by atoms with Crippen molar-refractivity contribution >= 4 is 29.9 Å². The normalized spacial score (nSPS) is 12.3. The molecule has 0 aliphatic carbocycles. The fourth-order valence-corrected chi connectivity index (χ4v) is 2.52. The SMILES string of the molecule is CCNC(=NCc1ccccn1)NCC(C)(C)c1cccc(C(F)(F)F)c1.I. The van der Waals surface area contributed by atoms with Crippen LogP contribution in [0.15, 0.2) is 53.7 Å². The molecule has 4 nitrogen and oxygen atoms in total. The Balaban J connectivity index is 0.00000392. The highest BCUT2D eigenvalue weighted by atomic mass is 127. The highest BCUT2D eigenvalue weighted by Gasteiger charge is 2.32. The van der Waals surface area contributed by atoms with Gasteiger partial charge in [-0.15, -0.1) is 24.0 Å². The van der Waals surface area contributed by atoms with Crippen LogP contribution in [0.4, 0.5) is 13.2 Å². The van der Waals surface area contributed by atoms with Gasteiger partial charge >= 0.3 is 6.18 Å². The Morgan fingerprint density at radius 3 is 2.36 bits per heavy atom. The smallest absolute Gasteiger partial charge is 0.357 e. The van der Waals surface area contributed by atoms with Crippen molar-refractivity contribution in [2.45, 2.75) is 38.9 Å². The molecule has 0 atom stereocenters. The summed E-state index contributed by atoms with van der Waals surface area (Å²) in [5.74, 6) is 0.600. The minimum absolute atomic E-state index is 0. The van der Waals surface area contributed by atoms with Gasteiger partial charge in [0.1, 0.15) is 0 Å². The number of nitrogens with zero attached hydrogens (tertiary/aromatic N) is 2. The van der Waals surface area contributed by atoms with Crippen LogP contribution in [0.3, 0.4) is 0 Å². The Bertz CT molecular complexity index is 762. The Hall–Kier alpha value is -1.84. The monoisotopic (exact) mass is 506 g/mol. The first-order valence-electron chi connectivity index (χ1n) is 8.82. The minimum atomic E-state index is -4.35. The van der Waals surface area contributed by atoms with Crippen molar-refractivity contribution in [3.05, 3.63) is 65.5 Å². The minimum Gasteiger partial charge on any atom is -0.357 e. The van der Waals surface area contributed by atoms with E-state index in [9.17, 15) is 13.2 Å². The third-order valence-electron chi connectivity index (χ3n) is 4.14. The molecule has 0 aliphatic heterocycles. The van der Waals surface area contributed by atoms with Gasteiger partial charge in [-0.1, -0.05) is 38.1 Å². The second kappa shape index (κ2) is 10.6. The molecule has 2 aromatic rings. The average molecular weight is 506 g/mol. The van der Waals surface area contributed by atoms with Crippen molar-refractivity contribution < 1.29 is 13.2 Å². The number of rotatable bonds is 6. The van der Waals surface area contributed by atoms with Crippen molar-refractivity contribution in [2.24, 2.45) is 4.99 Å². The molecule has 0 bridgehead atoms. The van der Waals surface area contributed by atoms with Gasteiger partial charge in [0.15, 0.2) is 5.96 Å². The molecule has 28 heavy (non-hydrogen) atoms. The molecule has 0 radical (unpaired) electrons. The van der Waals surface area contributed by atoms with Crippen LogP contribution in [-0.2, 0) is 18.1 Å². The maximum atomic E-state index is 13.0. The zero-order chi connectivity index (χ0) is 19.9. The number of alkyl halides is 3. The van der Waals surface area contributed by atoms with Crippen molar-refractivity contribution in [1.82, 2.24) is 15.6 Å². The van der Waals surface area contributed by atoms with E-state index in [0.717, 1.165) is 11.8 Å². The average Bonchev–Trinajstić information content (AvgIpc) is 2.64.